The normalized spacial score (nSPS) is 11.3. The lowest BCUT2D eigenvalue weighted by atomic mass is 9.98. The fourth-order valence-electron chi connectivity index (χ4n) is 4.28. The Labute approximate surface area is 226 Å². The summed E-state index contributed by atoms with van der Waals surface area (Å²) < 4.78 is 40.5. The van der Waals surface area contributed by atoms with Crippen molar-refractivity contribution in [2.75, 3.05) is 4.72 Å². The number of rotatable bonds is 8. The molecule has 0 atom stereocenters. The summed E-state index contributed by atoms with van der Waals surface area (Å²) in [6.07, 6.45) is 0.779. The maximum absolute atomic E-state index is 13.3. The molecule has 0 unspecified atom stereocenters. The van der Waals surface area contributed by atoms with Gasteiger partial charge in [-0.05, 0) is 50.1 Å². The van der Waals surface area contributed by atoms with E-state index in [1.807, 2.05) is 43.3 Å². The summed E-state index contributed by atoms with van der Waals surface area (Å²) in [7, 11) is -4.03. The Morgan fingerprint density at radius 1 is 1.00 bits per heavy atom. The SMILES string of the molecule is CCc1cc(OCc2ccc(-c3ccccc3S(=O)(=O)Nc3onc(C)c3C)c(C#N)c2)c2ccccc2n1. The van der Waals surface area contributed by atoms with E-state index in [9.17, 15) is 13.7 Å². The third-order valence-electron chi connectivity index (χ3n) is 6.54. The maximum Gasteiger partial charge on any atom is 0.264 e. The molecule has 2 heterocycles. The van der Waals surface area contributed by atoms with Gasteiger partial charge in [0.2, 0.25) is 5.88 Å². The van der Waals surface area contributed by atoms with E-state index in [1.54, 1.807) is 44.2 Å². The Morgan fingerprint density at radius 2 is 1.77 bits per heavy atom. The van der Waals surface area contributed by atoms with Gasteiger partial charge in [-0.1, -0.05) is 54.5 Å². The van der Waals surface area contributed by atoms with Gasteiger partial charge in [0.15, 0.2) is 0 Å². The van der Waals surface area contributed by atoms with Crippen molar-refractivity contribution in [3.05, 3.63) is 101 Å². The van der Waals surface area contributed by atoms with Gasteiger partial charge >= 0.3 is 0 Å². The second-order valence-corrected chi connectivity index (χ2v) is 10.7. The lowest BCUT2D eigenvalue weighted by Gasteiger charge is -2.14. The molecule has 2 aromatic heterocycles. The van der Waals surface area contributed by atoms with Gasteiger partial charge in [-0.15, -0.1) is 0 Å². The number of aryl methyl sites for hydroxylation is 2. The predicted octanol–water partition coefficient (Wildman–Crippen LogP) is 6.32. The minimum Gasteiger partial charge on any atom is -0.488 e. The van der Waals surface area contributed by atoms with Gasteiger partial charge in [0.1, 0.15) is 12.4 Å². The molecule has 39 heavy (non-hydrogen) atoms. The van der Waals surface area contributed by atoms with Crippen molar-refractivity contribution in [2.24, 2.45) is 0 Å². The largest absolute Gasteiger partial charge is 0.488 e. The summed E-state index contributed by atoms with van der Waals surface area (Å²) >= 11 is 0. The van der Waals surface area contributed by atoms with Crippen molar-refractivity contribution in [3.63, 3.8) is 0 Å². The van der Waals surface area contributed by atoms with Gasteiger partial charge in [-0.3, -0.25) is 4.98 Å². The molecule has 3 aromatic carbocycles. The second kappa shape index (κ2) is 10.6. The minimum absolute atomic E-state index is 0.0225. The summed E-state index contributed by atoms with van der Waals surface area (Å²) in [5.41, 5.74) is 4.99. The summed E-state index contributed by atoms with van der Waals surface area (Å²) in [4.78, 5) is 4.68. The van der Waals surface area contributed by atoms with E-state index < -0.39 is 10.0 Å². The molecule has 196 valence electrons. The highest BCUT2D eigenvalue weighted by Crippen LogP contribution is 2.33. The monoisotopic (exact) mass is 538 g/mol. The van der Waals surface area contributed by atoms with Gasteiger partial charge in [0, 0.05) is 33.8 Å². The molecule has 9 heteroatoms. The quantitative estimate of drug-likeness (QED) is 0.246. The molecule has 0 spiro atoms. The van der Waals surface area contributed by atoms with Gasteiger partial charge in [0.05, 0.1) is 27.7 Å². The Morgan fingerprint density at radius 3 is 2.51 bits per heavy atom. The lowest BCUT2D eigenvalue weighted by Crippen LogP contribution is -2.14. The van der Waals surface area contributed by atoms with Crippen LogP contribution in [0.2, 0.25) is 0 Å². The number of para-hydroxylation sites is 1. The molecule has 0 radical (unpaired) electrons. The minimum atomic E-state index is -4.03. The van der Waals surface area contributed by atoms with Crippen molar-refractivity contribution >= 4 is 26.8 Å². The van der Waals surface area contributed by atoms with Crippen LogP contribution in [0.3, 0.4) is 0 Å². The van der Waals surface area contributed by atoms with Crippen LogP contribution >= 0.6 is 0 Å². The number of pyridine rings is 1. The number of fused-ring (bicyclic) bond motifs is 1. The average molecular weight is 539 g/mol. The first kappa shape index (κ1) is 25.9. The third-order valence-corrected chi connectivity index (χ3v) is 7.93. The van der Waals surface area contributed by atoms with Crippen LogP contribution in [0, 0.1) is 25.2 Å². The molecular weight excluding hydrogens is 512 g/mol. The molecule has 0 amide bonds. The highest BCUT2D eigenvalue weighted by molar-refractivity contribution is 7.92. The van der Waals surface area contributed by atoms with Crippen LogP contribution in [0.25, 0.3) is 22.0 Å². The number of nitrogens with one attached hydrogen (secondary N) is 1. The van der Waals surface area contributed by atoms with Crippen molar-refractivity contribution in [2.45, 2.75) is 38.7 Å². The molecular formula is C30H26N4O4S. The predicted molar refractivity (Wildman–Crippen MR) is 149 cm³/mol. The molecule has 0 aliphatic rings. The fourth-order valence-corrected chi connectivity index (χ4v) is 5.55. The Balaban J connectivity index is 1.46. The van der Waals surface area contributed by atoms with Crippen LogP contribution in [0.15, 0.2) is 82.2 Å². The molecule has 0 aliphatic heterocycles. The zero-order chi connectivity index (χ0) is 27.6. The molecule has 0 fully saturated rings. The first-order valence-corrected chi connectivity index (χ1v) is 13.9. The number of benzene rings is 3. The Hall–Kier alpha value is -4.68. The fraction of sp³-hybridized carbons (Fsp3) is 0.167. The summed E-state index contributed by atoms with van der Waals surface area (Å²) in [5.74, 6) is 0.783. The standard InChI is InChI=1S/C30H26N4O4S/c1-4-23-16-28(26-10-5-7-11-27(26)32-23)37-18-21-13-14-24(22(15-21)17-31)25-9-6-8-12-29(25)39(35,36)34-30-19(2)20(3)33-38-30/h5-16,34H,4,18H2,1-3H3. The number of ether oxygens (including phenoxy) is 1. The molecule has 8 nitrogen and oxygen atoms in total. The zero-order valence-electron chi connectivity index (χ0n) is 21.7. The Kier molecular flexibility index (Phi) is 7.05. The first-order chi connectivity index (χ1) is 18.8. The first-order valence-electron chi connectivity index (χ1n) is 12.4. The van der Waals surface area contributed by atoms with E-state index in [-0.39, 0.29) is 17.4 Å². The summed E-state index contributed by atoms with van der Waals surface area (Å²) in [6, 6.07) is 23.8. The van der Waals surface area contributed by atoms with Gasteiger partial charge < -0.3 is 9.26 Å². The number of sulfonamides is 1. The van der Waals surface area contributed by atoms with Crippen molar-refractivity contribution in [3.8, 4) is 22.9 Å². The topological polar surface area (TPSA) is 118 Å². The Bertz CT molecular complexity index is 1840. The van der Waals surface area contributed by atoms with Crippen LogP contribution in [0.5, 0.6) is 5.75 Å². The van der Waals surface area contributed by atoms with E-state index in [4.69, 9.17) is 9.26 Å². The second-order valence-electron chi connectivity index (χ2n) is 9.09. The third kappa shape index (κ3) is 5.19. The van der Waals surface area contributed by atoms with Crippen LogP contribution < -0.4 is 9.46 Å². The van der Waals surface area contributed by atoms with Crippen molar-refractivity contribution in [1.29, 1.82) is 5.26 Å². The van der Waals surface area contributed by atoms with Gasteiger partial charge in [0.25, 0.3) is 10.0 Å². The molecule has 0 saturated carbocycles. The number of nitriles is 1. The summed E-state index contributed by atoms with van der Waals surface area (Å²) in [5, 5.41) is 14.7. The molecule has 0 aliphatic carbocycles. The maximum atomic E-state index is 13.3. The molecule has 5 aromatic rings. The number of aromatic nitrogens is 2. The van der Waals surface area contributed by atoms with E-state index >= 15 is 0 Å². The van der Waals surface area contributed by atoms with Crippen LogP contribution in [-0.2, 0) is 23.1 Å². The molecule has 5 rings (SSSR count). The lowest BCUT2D eigenvalue weighted by molar-refractivity contribution is 0.309. The van der Waals surface area contributed by atoms with Crippen molar-refractivity contribution in [1.82, 2.24) is 10.1 Å². The van der Waals surface area contributed by atoms with E-state index in [1.165, 1.54) is 6.07 Å². The van der Waals surface area contributed by atoms with Gasteiger partial charge in [-0.25, -0.2) is 13.1 Å². The average Bonchev–Trinajstić information content (AvgIpc) is 3.27. The number of nitrogens with zero attached hydrogens (tertiary/aromatic N) is 3. The van der Waals surface area contributed by atoms with Crippen molar-refractivity contribution < 1.29 is 17.7 Å². The van der Waals surface area contributed by atoms with Crippen LogP contribution in [0.4, 0.5) is 5.88 Å². The number of hydrogen-bond donors (Lipinski definition) is 1. The molecule has 1 N–H and O–H groups in total. The van der Waals surface area contributed by atoms with E-state index in [2.05, 4.69) is 20.9 Å². The zero-order valence-corrected chi connectivity index (χ0v) is 22.5. The highest BCUT2D eigenvalue weighted by Gasteiger charge is 2.24. The van der Waals surface area contributed by atoms with Crippen LogP contribution in [0.1, 0.15) is 35.0 Å². The van der Waals surface area contributed by atoms with Gasteiger partial charge in [-0.2, -0.15) is 5.26 Å². The molecule has 0 saturated heterocycles. The van der Waals surface area contributed by atoms with Crippen LogP contribution in [-0.4, -0.2) is 18.6 Å². The summed E-state index contributed by atoms with van der Waals surface area (Å²) in [6.45, 7) is 5.73. The smallest absolute Gasteiger partial charge is 0.264 e. The van der Waals surface area contributed by atoms with E-state index in [0.717, 1.165) is 34.3 Å². The molecule has 0 bridgehead atoms. The number of anilines is 1. The van der Waals surface area contributed by atoms with E-state index in [0.29, 0.717) is 27.9 Å². The number of hydrogen-bond acceptors (Lipinski definition) is 7. The highest BCUT2D eigenvalue weighted by atomic mass is 32.2.